The van der Waals surface area contributed by atoms with Gasteiger partial charge in [-0.25, -0.2) is 0 Å². The van der Waals surface area contributed by atoms with Crippen LogP contribution in [0.2, 0.25) is 0 Å². The van der Waals surface area contributed by atoms with E-state index in [-0.39, 0.29) is 11.4 Å². The fourth-order valence-electron chi connectivity index (χ4n) is 1.52. The van der Waals surface area contributed by atoms with E-state index in [1.807, 2.05) is 6.92 Å². The molecule has 0 amide bonds. The van der Waals surface area contributed by atoms with Gasteiger partial charge in [0.1, 0.15) is 11.4 Å². The van der Waals surface area contributed by atoms with Crippen LogP contribution in [0.15, 0.2) is 23.0 Å². The van der Waals surface area contributed by atoms with Crippen molar-refractivity contribution in [3.05, 3.63) is 33.1 Å². The van der Waals surface area contributed by atoms with Crippen molar-refractivity contribution in [3.8, 4) is 0 Å². The van der Waals surface area contributed by atoms with Crippen LogP contribution in [-0.2, 0) is 0 Å². The van der Waals surface area contributed by atoms with Gasteiger partial charge in [0.15, 0.2) is 0 Å². The van der Waals surface area contributed by atoms with Crippen molar-refractivity contribution in [2.45, 2.75) is 19.8 Å². The molecule has 0 bridgehead atoms. The summed E-state index contributed by atoms with van der Waals surface area (Å²) in [5, 5.41) is 23.1. The van der Waals surface area contributed by atoms with Gasteiger partial charge >= 0.3 is 5.70 Å². The maximum atomic E-state index is 11.0. The number of hydrogen-bond acceptors (Lipinski definition) is 6. The predicted molar refractivity (Wildman–Crippen MR) is 51.0 cm³/mol. The van der Waals surface area contributed by atoms with Crippen LogP contribution in [0.1, 0.15) is 19.8 Å². The number of hydrazine groups is 1. The minimum atomic E-state index is -0.803. The first-order chi connectivity index (χ1) is 6.99. The first-order valence-electron chi connectivity index (χ1n) is 4.54. The van der Waals surface area contributed by atoms with Gasteiger partial charge in [0.25, 0.3) is 0 Å². The molecule has 1 heterocycles. The summed E-state index contributed by atoms with van der Waals surface area (Å²) in [6.07, 6.45) is 1.26. The highest BCUT2D eigenvalue weighted by Gasteiger charge is 2.33. The summed E-state index contributed by atoms with van der Waals surface area (Å²) in [7, 11) is 1.52. The van der Waals surface area contributed by atoms with Crippen LogP contribution in [-0.4, -0.2) is 17.0 Å². The third kappa shape index (κ3) is 1.95. The van der Waals surface area contributed by atoms with Gasteiger partial charge in [-0.05, 0) is 12.3 Å². The van der Waals surface area contributed by atoms with E-state index in [2.05, 4.69) is 5.43 Å². The van der Waals surface area contributed by atoms with Crippen molar-refractivity contribution in [2.75, 3.05) is 7.05 Å². The molecule has 84 valence electrons. The van der Waals surface area contributed by atoms with E-state index in [1.54, 1.807) is 0 Å². The van der Waals surface area contributed by atoms with Crippen LogP contribution >= 0.6 is 0 Å². The number of allylic oxidation sites excluding steroid dienone is 1. The van der Waals surface area contributed by atoms with Crippen LogP contribution in [0.25, 0.3) is 0 Å². The van der Waals surface area contributed by atoms with E-state index in [9.17, 15) is 15.2 Å². The van der Waals surface area contributed by atoms with Gasteiger partial charge in [-0.2, -0.15) is 0 Å². The van der Waals surface area contributed by atoms with Gasteiger partial charge in [0, 0.05) is 7.05 Å². The molecule has 0 spiro atoms. The molecule has 1 rings (SSSR count). The second-order valence-corrected chi connectivity index (χ2v) is 3.22. The van der Waals surface area contributed by atoms with Gasteiger partial charge in [-0.15, -0.1) is 0 Å². The van der Waals surface area contributed by atoms with E-state index < -0.39 is 10.8 Å². The van der Waals surface area contributed by atoms with E-state index in [4.69, 9.17) is 5.73 Å². The summed E-state index contributed by atoms with van der Waals surface area (Å²) in [4.78, 5) is 10.2. The molecule has 15 heavy (non-hydrogen) atoms. The molecule has 0 unspecified atom stereocenters. The van der Waals surface area contributed by atoms with Crippen molar-refractivity contribution in [1.82, 2.24) is 10.4 Å². The van der Waals surface area contributed by atoms with E-state index in [0.29, 0.717) is 12.1 Å². The molecule has 0 aromatic heterocycles. The lowest BCUT2D eigenvalue weighted by Gasteiger charge is -2.18. The molecular formula is C8H13N4O3-. The normalized spacial score (nSPS) is 19.2. The van der Waals surface area contributed by atoms with Crippen molar-refractivity contribution in [1.29, 1.82) is 0 Å². The van der Waals surface area contributed by atoms with Crippen LogP contribution < -0.4 is 16.3 Å². The molecule has 0 fully saturated rings. The SMILES string of the molecule is CCCC1=C([N+](=O)[O-])C(=C(N)[O-])N(C)N1. The minimum absolute atomic E-state index is 0.0940. The zero-order chi connectivity index (χ0) is 11.6. The number of nitrogens with zero attached hydrogens (tertiary/aromatic N) is 2. The summed E-state index contributed by atoms with van der Waals surface area (Å²) in [5.74, 6) is -0.803. The Morgan fingerprint density at radius 2 is 2.27 bits per heavy atom. The Balaban J connectivity index is 3.20. The highest BCUT2D eigenvalue weighted by Crippen LogP contribution is 2.26. The zero-order valence-corrected chi connectivity index (χ0v) is 8.61. The van der Waals surface area contributed by atoms with Gasteiger partial charge in [0.05, 0.1) is 4.92 Å². The van der Waals surface area contributed by atoms with Crippen LogP contribution in [0.4, 0.5) is 0 Å². The maximum Gasteiger partial charge on any atom is 0.315 e. The summed E-state index contributed by atoms with van der Waals surface area (Å²) in [6, 6.07) is 0. The van der Waals surface area contributed by atoms with Crippen molar-refractivity contribution in [3.63, 3.8) is 0 Å². The molecule has 0 aromatic carbocycles. The number of rotatable bonds is 3. The standard InChI is InChI=1S/C8H14N4O3/c1-3-4-5-6(12(14)15)7(8(9)13)11(2)10-5/h10,13H,3-4,9H2,1-2H3/p-1. The first-order valence-corrected chi connectivity index (χ1v) is 4.54. The Morgan fingerprint density at radius 1 is 1.67 bits per heavy atom. The Morgan fingerprint density at radius 3 is 2.67 bits per heavy atom. The Kier molecular flexibility index (Phi) is 3.03. The molecule has 1 aliphatic heterocycles. The topological polar surface area (TPSA) is 107 Å². The van der Waals surface area contributed by atoms with Crippen LogP contribution in [0.5, 0.6) is 0 Å². The molecule has 7 heteroatoms. The van der Waals surface area contributed by atoms with Gasteiger partial charge in [0.2, 0.25) is 0 Å². The van der Waals surface area contributed by atoms with Crippen LogP contribution in [0, 0.1) is 10.1 Å². The van der Waals surface area contributed by atoms with Crippen molar-refractivity contribution >= 4 is 0 Å². The fourth-order valence-corrected chi connectivity index (χ4v) is 1.52. The average Bonchev–Trinajstić information content (AvgIpc) is 2.42. The van der Waals surface area contributed by atoms with Gasteiger partial charge in [-0.1, -0.05) is 13.3 Å². The number of nitro groups is 1. The lowest BCUT2D eigenvalue weighted by Crippen LogP contribution is -2.31. The quantitative estimate of drug-likeness (QED) is 0.361. The monoisotopic (exact) mass is 213 g/mol. The highest BCUT2D eigenvalue weighted by atomic mass is 16.6. The van der Waals surface area contributed by atoms with E-state index >= 15 is 0 Å². The molecular weight excluding hydrogens is 200 g/mol. The smallest absolute Gasteiger partial charge is 0.315 e. The second-order valence-electron chi connectivity index (χ2n) is 3.22. The predicted octanol–water partition coefficient (Wildman–Crippen LogP) is -0.787. The fraction of sp³-hybridized carbons (Fsp3) is 0.500. The number of likely N-dealkylation sites (N-methyl/N-ethyl adjacent to an activating group) is 1. The Hall–Kier alpha value is -1.92. The van der Waals surface area contributed by atoms with Gasteiger partial charge < -0.3 is 10.8 Å². The lowest BCUT2D eigenvalue weighted by molar-refractivity contribution is -0.424. The molecule has 0 aliphatic carbocycles. The summed E-state index contributed by atoms with van der Waals surface area (Å²) in [6.45, 7) is 1.90. The average molecular weight is 213 g/mol. The lowest BCUT2D eigenvalue weighted by atomic mass is 10.2. The van der Waals surface area contributed by atoms with E-state index in [0.717, 1.165) is 6.42 Å². The molecule has 7 nitrogen and oxygen atoms in total. The minimum Gasteiger partial charge on any atom is -0.859 e. The Labute approximate surface area is 87.0 Å². The first kappa shape index (κ1) is 11.2. The number of hydrogen-bond donors (Lipinski definition) is 2. The number of nitrogens with two attached hydrogens (primary N) is 1. The molecule has 0 aromatic rings. The summed E-state index contributed by atoms with van der Waals surface area (Å²) >= 11 is 0. The zero-order valence-electron chi connectivity index (χ0n) is 8.61. The molecule has 1 aliphatic rings. The van der Waals surface area contributed by atoms with Crippen molar-refractivity contribution < 1.29 is 10.0 Å². The largest absolute Gasteiger partial charge is 0.859 e. The summed E-state index contributed by atoms with van der Waals surface area (Å²) in [5.41, 5.74) is 7.95. The Bertz CT molecular complexity index is 344. The summed E-state index contributed by atoms with van der Waals surface area (Å²) < 4.78 is 0. The highest BCUT2D eigenvalue weighted by molar-refractivity contribution is 5.33. The molecule has 0 saturated carbocycles. The van der Waals surface area contributed by atoms with Gasteiger partial charge in [-0.3, -0.25) is 20.5 Å². The van der Waals surface area contributed by atoms with Crippen LogP contribution in [0.3, 0.4) is 0 Å². The number of nitrogens with one attached hydrogen (secondary N) is 1. The third-order valence-corrected chi connectivity index (χ3v) is 2.06. The van der Waals surface area contributed by atoms with E-state index in [1.165, 1.54) is 12.1 Å². The maximum absolute atomic E-state index is 11.0. The second kappa shape index (κ2) is 4.07. The van der Waals surface area contributed by atoms with Crippen molar-refractivity contribution in [2.24, 2.45) is 5.73 Å². The molecule has 0 radical (unpaired) electrons. The molecule has 0 saturated heterocycles. The molecule has 3 N–H and O–H groups in total. The molecule has 0 atom stereocenters. The third-order valence-electron chi connectivity index (χ3n) is 2.06.